The second-order valence-corrected chi connectivity index (χ2v) is 9.67. The maximum atomic E-state index is 12.8. The van der Waals surface area contributed by atoms with Gasteiger partial charge in [0.25, 0.3) is 0 Å². The van der Waals surface area contributed by atoms with Gasteiger partial charge in [0.1, 0.15) is 11.8 Å². The summed E-state index contributed by atoms with van der Waals surface area (Å²) >= 11 is 8.75. The summed E-state index contributed by atoms with van der Waals surface area (Å²) in [6.07, 6.45) is 3.13. The summed E-state index contributed by atoms with van der Waals surface area (Å²) < 4.78 is 31.7. The molecule has 0 aliphatic carbocycles. The van der Waals surface area contributed by atoms with E-state index in [0.29, 0.717) is 15.2 Å². The average molecular weight is 451 g/mol. The zero-order valence-corrected chi connectivity index (χ0v) is 18.3. The van der Waals surface area contributed by atoms with Gasteiger partial charge in [0.05, 0.1) is 24.1 Å². The second kappa shape index (κ2) is 9.09. The van der Waals surface area contributed by atoms with Crippen LogP contribution in [0.5, 0.6) is 5.75 Å². The zero-order valence-electron chi connectivity index (χ0n) is 15.1. The average Bonchev–Trinajstić information content (AvgIpc) is 3.05. The molecule has 0 saturated heterocycles. The van der Waals surface area contributed by atoms with Crippen LogP contribution in [0.3, 0.4) is 0 Å². The van der Waals surface area contributed by atoms with Crippen molar-refractivity contribution in [3.8, 4) is 5.75 Å². The van der Waals surface area contributed by atoms with Crippen LogP contribution in [0, 0.1) is 0 Å². The Labute approximate surface area is 171 Å². The Bertz CT molecular complexity index is 920. The van der Waals surface area contributed by atoms with Gasteiger partial charge in [0.15, 0.2) is 4.34 Å². The third-order valence-corrected chi connectivity index (χ3v) is 6.82. The van der Waals surface area contributed by atoms with Gasteiger partial charge in [-0.3, -0.25) is 14.4 Å². The molecule has 0 spiro atoms. The molecule has 148 valence electrons. The van der Waals surface area contributed by atoms with Crippen LogP contribution in [0.2, 0.25) is 5.02 Å². The first-order valence-electron chi connectivity index (χ1n) is 7.72. The van der Waals surface area contributed by atoms with Gasteiger partial charge in [0, 0.05) is 0 Å². The highest BCUT2D eigenvalue weighted by atomic mass is 35.5. The number of thioether (sulfide) groups is 1. The fraction of sp³-hybridized carbons (Fsp3) is 0.400. The molecule has 0 bridgehead atoms. The monoisotopic (exact) mass is 450 g/mol. The van der Waals surface area contributed by atoms with E-state index in [1.54, 1.807) is 19.1 Å². The van der Waals surface area contributed by atoms with E-state index in [-0.39, 0.29) is 17.1 Å². The van der Waals surface area contributed by atoms with E-state index < -0.39 is 22.0 Å². The van der Waals surface area contributed by atoms with Crippen molar-refractivity contribution >= 4 is 61.4 Å². The van der Waals surface area contributed by atoms with Crippen LogP contribution in [0.25, 0.3) is 0 Å². The highest BCUT2D eigenvalue weighted by molar-refractivity contribution is 8.00. The minimum Gasteiger partial charge on any atom is -0.495 e. The van der Waals surface area contributed by atoms with Gasteiger partial charge in [-0.2, -0.15) is 0 Å². The summed E-state index contributed by atoms with van der Waals surface area (Å²) in [7, 11) is -2.31. The summed E-state index contributed by atoms with van der Waals surface area (Å²) in [6, 6.07) is 3.56. The van der Waals surface area contributed by atoms with Gasteiger partial charge in [-0.05, 0) is 30.9 Å². The summed E-state index contributed by atoms with van der Waals surface area (Å²) in [5, 5.41) is 11.0. The molecular formula is C15H19ClN4O4S3. The van der Waals surface area contributed by atoms with Gasteiger partial charge in [0.2, 0.25) is 21.1 Å². The SMILES string of the molecule is CC[C@@H](C(=O)Nc1nnc(SC)s1)N(c1ccc(OC)c(Cl)c1)S(C)(=O)=O. The van der Waals surface area contributed by atoms with Crippen LogP contribution in [0.4, 0.5) is 10.8 Å². The molecular weight excluding hydrogens is 432 g/mol. The van der Waals surface area contributed by atoms with Crippen LogP contribution in [-0.2, 0) is 14.8 Å². The van der Waals surface area contributed by atoms with Crippen LogP contribution in [-0.4, -0.2) is 50.2 Å². The van der Waals surface area contributed by atoms with Gasteiger partial charge in [-0.1, -0.05) is 41.6 Å². The first-order chi connectivity index (χ1) is 12.7. The van der Waals surface area contributed by atoms with E-state index in [4.69, 9.17) is 16.3 Å². The summed E-state index contributed by atoms with van der Waals surface area (Å²) in [4.78, 5) is 12.8. The number of methoxy groups -OCH3 is 1. The van der Waals surface area contributed by atoms with Crippen LogP contribution in [0.15, 0.2) is 22.5 Å². The van der Waals surface area contributed by atoms with E-state index in [1.165, 1.54) is 36.3 Å². The molecule has 27 heavy (non-hydrogen) atoms. The number of ether oxygens (including phenoxy) is 1. The van der Waals surface area contributed by atoms with Crippen LogP contribution < -0.4 is 14.4 Å². The van der Waals surface area contributed by atoms with Gasteiger partial charge >= 0.3 is 0 Å². The Morgan fingerprint density at radius 1 is 1.44 bits per heavy atom. The molecule has 0 radical (unpaired) electrons. The van der Waals surface area contributed by atoms with Crippen molar-refractivity contribution in [2.75, 3.05) is 29.2 Å². The number of benzene rings is 1. The minimum atomic E-state index is -3.77. The maximum Gasteiger partial charge on any atom is 0.250 e. The number of carbonyl (C=O) groups excluding carboxylic acids is 1. The predicted octanol–water partition coefficient (Wildman–Crippen LogP) is 3.11. The lowest BCUT2D eigenvalue weighted by Crippen LogP contribution is -2.47. The fourth-order valence-corrected chi connectivity index (χ4v) is 5.01. The summed E-state index contributed by atoms with van der Waals surface area (Å²) in [5.74, 6) is -0.0940. The number of nitrogens with one attached hydrogen (secondary N) is 1. The molecule has 12 heteroatoms. The van der Waals surface area contributed by atoms with Gasteiger partial charge in [-0.25, -0.2) is 8.42 Å². The molecule has 0 unspecified atom stereocenters. The van der Waals surface area contributed by atoms with Crippen molar-refractivity contribution in [3.05, 3.63) is 23.2 Å². The first kappa shape index (κ1) is 21.7. The second-order valence-electron chi connectivity index (χ2n) is 5.37. The molecule has 1 N–H and O–H groups in total. The molecule has 8 nitrogen and oxygen atoms in total. The predicted molar refractivity (Wildman–Crippen MR) is 110 cm³/mol. The Morgan fingerprint density at radius 2 is 2.15 bits per heavy atom. The number of amides is 1. The molecule has 1 heterocycles. The number of nitrogens with zero attached hydrogens (tertiary/aromatic N) is 3. The van der Waals surface area contributed by atoms with E-state index in [0.717, 1.165) is 10.6 Å². The molecule has 2 aromatic rings. The lowest BCUT2D eigenvalue weighted by molar-refractivity contribution is -0.117. The highest BCUT2D eigenvalue weighted by Crippen LogP contribution is 2.32. The molecule has 1 aromatic carbocycles. The topological polar surface area (TPSA) is 101 Å². The number of halogens is 1. The molecule has 0 saturated carbocycles. The maximum absolute atomic E-state index is 12.8. The Balaban J connectivity index is 2.37. The van der Waals surface area contributed by atoms with Crippen LogP contribution in [0.1, 0.15) is 13.3 Å². The van der Waals surface area contributed by atoms with E-state index in [1.807, 2.05) is 6.26 Å². The van der Waals surface area contributed by atoms with E-state index in [9.17, 15) is 13.2 Å². The van der Waals surface area contributed by atoms with Crippen molar-refractivity contribution < 1.29 is 17.9 Å². The quantitative estimate of drug-likeness (QED) is 0.487. The van der Waals surface area contributed by atoms with Crippen molar-refractivity contribution in [1.82, 2.24) is 10.2 Å². The van der Waals surface area contributed by atoms with Crippen molar-refractivity contribution in [3.63, 3.8) is 0 Å². The number of sulfonamides is 1. The van der Waals surface area contributed by atoms with Crippen molar-refractivity contribution in [2.24, 2.45) is 0 Å². The summed E-state index contributed by atoms with van der Waals surface area (Å²) in [6.45, 7) is 1.72. The number of anilines is 2. The molecule has 0 aliphatic heterocycles. The number of rotatable bonds is 8. The third kappa shape index (κ3) is 5.24. The summed E-state index contributed by atoms with van der Waals surface area (Å²) in [5.41, 5.74) is 0.271. The Morgan fingerprint density at radius 3 is 2.63 bits per heavy atom. The first-order valence-corrected chi connectivity index (χ1v) is 12.0. The van der Waals surface area contributed by atoms with Gasteiger partial charge < -0.3 is 4.74 Å². The molecule has 0 aliphatic rings. The minimum absolute atomic E-state index is 0.243. The van der Waals surface area contributed by atoms with Crippen molar-refractivity contribution in [1.29, 1.82) is 0 Å². The number of hydrogen-bond donors (Lipinski definition) is 1. The lowest BCUT2D eigenvalue weighted by Gasteiger charge is -2.30. The molecule has 2 rings (SSSR count). The number of aromatic nitrogens is 2. The van der Waals surface area contributed by atoms with E-state index >= 15 is 0 Å². The van der Waals surface area contributed by atoms with Gasteiger partial charge in [-0.15, -0.1) is 10.2 Å². The number of carbonyl (C=O) groups is 1. The molecule has 1 atom stereocenters. The molecule has 1 amide bonds. The van der Waals surface area contributed by atoms with Crippen molar-refractivity contribution in [2.45, 2.75) is 23.7 Å². The smallest absolute Gasteiger partial charge is 0.250 e. The largest absolute Gasteiger partial charge is 0.495 e. The Hall–Kier alpha value is -1.56. The zero-order chi connectivity index (χ0) is 20.2. The fourth-order valence-electron chi connectivity index (χ4n) is 2.38. The van der Waals surface area contributed by atoms with E-state index in [2.05, 4.69) is 15.5 Å². The standard InChI is InChI=1S/C15H19ClN4O4S3/c1-5-11(13(21)17-14-18-19-15(25-3)26-14)20(27(4,22)23)9-6-7-12(24-2)10(16)8-9/h6-8,11H,5H2,1-4H3,(H,17,18,21)/t11-/m0/s1. The molecule has 0 fully saturated rings. The van der Waals surface area contributed by atoms with Crippen LogP contribution >= 0.6 is 34.7 Å². The molecule has 1 aromatic heterocycles. The Kier molecular flexibility index (Phi) is 7.32. The third-order valence-electron chi connectivity index (χ3n) is 3.53. The lowest BCUT2D eigenvalue weighted by atomic mass is 10.2. The normalized spacial score (nSPS) is 12.5. The number of hydrogen-bond acceptors (Lipinski definition) is 8. The highest BCUT2D eigenvalue weighted by Gasteiger charge is 2.32.